The summed E-state index contributed by atoms with van der Waals surface area (Å²) in [5.74, 6) is 0. The Bertz CT molecular complexity index is 519. The molecule has 5 heteroatoms. The summed E-state index contributed by atoms with van der Waals surface area (Å²) < 4.78 is 0.785. The van der Waals surface area contributed by atoms with Crippen LogP contribution in [0.25, 0.3) is 0 Å². The van der Waals surface area contributed by atoms with Crippen molar-refractivity contribution in [3.05, 3.63) is 55.2 Å². The number of hydrogen-bond acceptors (Lipinski definition) is 2. The van der Waals surface area contributed by atoms with Crippen LogP contribution in [0.3, 0.4) is 0 Å². The molecule has 0 radical (unpaired) electrons. The van der Waals surface area contributed by atoms with Gasteiger partial charge in [0.15, 0.2) is 0 Å². The third-order valence-electron chi connectivity index (χ3n) is 2.62. The smallest absolute Gasteiger partial charge is 0.0931 e. The number of halogens is 3. The molecule has 2 rings (SSSR count). The van der Waals surface area contributed by atoms with Crippen LogP contribution in [0.4, 0.5) is 0 Å². The summed E-state index contributed by atoms with van der Waals surface area (Å²) in [5, 5.41) is 1.34. The maximum absolute atomic E-state index is 6.13. The Hall–Kier alpha value is -0.250. The molecular formula is C13H12Cl3NS. The molecule has 1 heterocycles. The van der Waals surface area contributed by atoms with Crippen LogP contribution in [0.2, 0.25) is 14.4 Å². The number of rotatable bonds is 4. The quantitative estimate of drug-likeness (QED) is 0.858. The van der Waals surface area contributed by atoms with E-state index in [-0.39, 0.29) is 6.04 Å². The van der Waals surface area contributed by atoms with Crippen molar-refractivity contribution in [2.45, 2.75) is 18.9 Å². The van der Waals surface area contributed by atoms with Crippen LogP contribution in [-0.4, -0.2) is 6.04 Å². The molecule has 0 aliphatic rings. The van der Waals surface area contributed by atoms with Crippen LogP contribution in [0.5, 0.6) is 0 Å². The van der Waals surface area contributed by atoms with Gasteiger partial charge < -0.3 is 5.73 Å². The van der Waals surface area contributed by atoms with E-state index in [2.05, 4.69) is 0 Å². The van der Waals surface area contributed by atoms with Gasteiger partial charge >= 0.3 is 0 Å². The van der Waals surface area contributed by atoms with Gasteiger partial charge in [-0.1, -0.05) is 40.9 Å². The molecule has 2 aromatic rings. The van der Waals surface area contributed by atoms with E-state index >= 15 is 0 Å². The molecule has 1 aromatic carbocycles. The van der Waals surface area contributed by atoms with Crippen LogP contribution in [0.15, 0.2) is 30.3 Å². The Kier molecular flexibility index (Phi) is 4.93. The van der Waals surface area contributed by atoms with E-state index < -0.39 is 0 Å². The summed E-state index contributed by atoms with van der Waals surface area (Å²) in [7, 11) is 0. The predicted octanol–water partition coefficient (Wildman–Crippen LogP) is 4.82. The van der Waals surface area contributed by atoms with Gasteiger partial charge in [0.1, 0.15) is 0 Å². The van der Waals surface area contributed by atoms with E-state index in [9.17, 15) is 0 Å². The van der Waals surface area contributed by atoms with Gasteiger partial charge in [0, 0.05) is 21.0 Å². The van der Waals surface area contributed by atoms with E-state index in [0.29, 0.717) is 16.5 Å². The van der Waals surface area contributed by atoms with Gasteiger partial charge in [-0.25, -0.2) is 0 Å². The third kappa shape index (κ3) is 3.62. The molecule has 0 saturated carbocycles. The molecule has 2 N–H and O–H groups in total. The molecule has 1 aromatic heterocycles. The first-order valence-corrected chi connectivity index (χ1v) is 7.44. The molecule has 0 fully saturated rings. The fourth-order valence-corrected chi connectivity index (χ4v) is 3.51. The first kappa shape index (κ1) is 14.2. The molecule has 1 atom stereocenters. The lowest BCUT2D eigenvalue weighted by molar-refractivity contribution is 0.671. The number of nitrogens with two attached hydrogens (primary N) is 1. The Morgan fingerprint density at radius 2 is 1.67 bits per heavy atom. The Morgan fingerprint density at radius 3 is 2.22 bits per heavy atom. The number of thiophene rings is 1. The average molecular weight is 321 g/mol. The Balaban J connectivity index is 2.05. The van der Waals surface area contributed by atoms with Gasteiger partial charge in [-0.3, -0.25) is 0 Å². The molecule has 96 valence electrons. The topological polar surface area (TPSA) is 26.0 Å². The zero-order valence-corrected chi connectivity index (χ0v) is 12.6. The highest BCUT2D eigenvalue weighted by Gasteiger charge is 2.12. The van der Waals surface area contributed by atoms with Crippen molar-refractivity contribution in [2.24, 2.45) is 5.73 Å². The minimum absolute atomic E-state index is 0.0166. The summed E-state index contributed by atoms with van der Waals surface area (Å²) in [6, 6.07) is 9.36. The first-order chi connectivity index (χ1) is 8.56. The van der Waals surface area contributed by atoms with Crippen molar-refractivity contribution in [3.63, 3.8) is 0 Å². The van der Waals surface area contributed by atoms with Gasteiger partial charge in [0.25, 0.3) is 0 Å². The minimum atomic E-state index is -0.0166. The predicted molar refractivity (Wildman–Crippen MR) is 81.2 cm³/mol. The maximum Gasteiger partial charge on any atom is 0.0931 e. The van der Waals surface area contributed by atoms with Crippen LogP contribution in [0.1, 0.15) is 10.4 Å². The SMILES string of the molecule is NC(Cc1ccc(Cl)s1)Cc1c(Cl)cccc1Cl. The molecule has 0 aliphatic heterocycles. The first-order valence-electron chi connectivity index (χ1n) is 5.49. The van der Waals surface area contributed by atoms with Crippen LogP contribution in [-0.2, 0) is 12.8 Å². The number of benzene rings is 1. The van der Waals surface area contributed by atoms with Gasteiger partial charge in [-0.2, -0.15) is 0 Å². The lowest BCUT2D eigenvalue weighted by Gasteiger charge is -2.13. The normalized spacial score (nSPS) is 12.7. The summed E-state index contributed by atoms with van der Waals surface area (Å²) in [5.41, 5.74) is 7.04. The van der Waals surface area contributed by atoms with Crippen molar-refractivity contribution in [1.82, 2.24) is 0 Å². The molecule has 1 nitrogen and oxygen atoms in total. The van der Waals surface area contributed by atoms with E-state index in [4.69, 9.17) is 40.5 Å². The standard InChI is InChI=1S/C13H12Cl3NS/c14-11-2-1-3-12(15)10(11)7-8(17)6-9-4-5-13(16)18-9/h1-5,8H,6-7,17H2. The van der Waals surface area contributed by atoms with Crippen molar-refractivity contribution in [2.75, 3.05) is 0 Å². The second-order valence-corrected chi connectivity index (χ2v) is 6.69. The molecule has 0 amide bonds. The largest absolute Gasteiger partial charge is 0.327 e. The summed E-state index contributed by atoms with van der Waals surface area (Å²) in [6.07, 6.45) is 1.44. The fourth-order valence-electron chi connectivity index (χ4n) is 1.78. The van der Waals surface area contributed by atoms with Crippen molar-refractivity contribution in [1.29, 1.82) is 0 Å². The van der Waals surface area contributed by atoms with E-state index in [1.165, 1.54) is 4.88 Å². The van der Waals surface area contributed by atoms with Crippen molar-refractivity contribution in [3.8, 4) is 0 Å². The summed E-state index contributed by atoms with van der Waals surface area (Å²) in [4.78, 5) is 1.18. The molecule has 0 spiro atoms. The summed E-state index contributed by atoms with van der Waals surface area (Å²) >= 11 is 19.7. The van der Waals surface area contributed by atoms with Gasteiger partial charge in [-0.15, -0.1) is 11.3 Å². The monoisotopic (exact) mass is 319 g/mol. The highest BCUT2D eigenvalue weighted by atomic mass is 35.5. The average Bonchev–Trinajstić information content (AvgIpc) is 2.69. The second-order valence-electron chi connectivity index (χ2n) is 4.07. The fraction of sp³-hybridized carbons (Fsp3) is 0.231. The van der Waals surface area contributed by atoms with Gasteiger partial charge in [-0.05, 0) is 42.7 Å². The zero-order valence-electron chi connectivity index (χ0n) is 9.50. The Labute approximate surface area is 125 Å². The molecule has 18 heavy (non-hydrogen) atoms. The van der Waals surface area contributed by atoms with Crippen LogP contribution >= 0.6 is 46.1 Å². The van der Waals surface area contributed by atoms with E-state index in [1.54, 1.807) is 11.3 Å². The number of hydrogen-bond donors (Lipinski definition) is 1. The lowest BCUT2D eigenvalue weighted by atomic mass is 10.0. The Morgan fingerprint density at radius 1 is 1.00 bits per heavy atom. The second kappa shape index (κ2) is 6.27. The molecule has 0 bridgehead atoms. The van der Waals surface area contributed by atoms with Gasteiger partial charge in [0.05, 0.1) is 4.34 Å². The van der Waals surface area contributed by atoms with Crippen LogP contribution in [0, 0.1) is 0 Å². The summed E-state index contributed by atoms with van der Waals surface area (Å²) in [6.45, 7) is 0. The zero-order chi connectivity index (χ0) is 13.1. The molecule has 0 aliphatic carbocycles. The van der Waals surface area contributed by atoms with Crippen molar-refractivity contribution < 1.29 is 0 Å². The van der Waals surface area contributed by atoms with Crippen molar-refractivity contribution >= 4 is 46.1 Å². The molecule has 1 unspecified atom stereocenters. The highest BCUT2D eigenvalue weighted by molar-refractivity contribution is 7.16. The molecule has 0 saturated heterocycles. The van der Waals surface area contributed by atoms with E-state index in [1.807, 2.05) is 30.3 Å². The van der Waals surface area contributed by atoms with E-state index in [0.717, 1.165) is 16.3 Å². The minimum Gasteiger partial charge on any atom is -0.327 e. The van der Waals surface area contributed by atoms with Gasteiger partial charge in [0.2, 0.25) is 0 Å². The third-order valence-corrected chi connectivity index (χ3v) is 4.58. The maximum atomic E-state index is 6.13. The molecular weight excluding hydrogens is 309 g/mol. The highest BCUT2D eigenvalue weighted by Crippen LogP contribution is 2.27. The lowest BCUT2D eigenvalue weighted by Crippen LogP contribution is -2.25. The van der Waals surface area contributed by atoms with Crippen LogP contribution < -0.4 is 5.73 Å².